The predicted octanol–water partition coefficient (Wildman–Crippen LogP) is 1.81. The first-order valence-electron chi connectivity index (χ1n) is 5.52. The molecule has 5 heteroatoms. The lowest BCUT2D eigenvalue weighted by atomic mass is 10.1. The van der Waals surface area contributed by atoms with E-state index in [-0.39, 0.29) is 5.69 Å². The average Bonchev–Trinajstić information content (AvgIpc) is 2.39. The van der Waals surface area contributed by atoms with Crippen LogP contribution >= 0.6 is 0 Å². The quantitative estimate of drug-likeness (QED) is 0.856. The van der Waals surface area contributed by atoms with Crippen LogP contribution in [-0.2, 0) is 6.42 Å². The maximum absolute atomic E-state index is 11.0. The number of anilines is 1. The summed E-state index contributed by atoms with van der Waals surface area (Å²) in [7, 11) is 1.69. The van der Waals surface area contributed by atoms with E-state index in [0.717, 1.165) is 5.56 Å². The van der Waals surface area contributed by atoms with Crippen LogP contribution in [0.25, 0.3) is 0 Å². The number of hydrogen-bond acceptors (Lipinski definition) is 4. The smallest absolute Gasteiger partial charge is 0.354 e. The number of aromatic carboxylic acids is 1. The lowest BCUT2D eigenvalue weighted by Crippen LogP contribution is -2.08. The Kier molecular flexibility index (Phi) is 3.52. The molecule has 0 atom stereocenters. The molecule has 0 radical (unpaired) electrons. The maximum Gasteiger partial charge on any atom is 0.354 e. The van der Waals surface area contributed by atoms with Gasteiger partial charge in [0.2, 0.25) is 0 Å². The Morgan fingerprint density at radius 2 is 2.00 bits per heavy atom. The van der Waals surface area contributed by atoms with Gasteiger partial charge in [-0.25, -0.2) is 14.8 Å². The van der Waals surface area contributed by atoms with E-state index < -0.39 is 5.97 Å². The molecule has 5 nitrogen and oxygen atoms in total. The Balaban J connectivity index is 2.32. The third-order valence-corrected chi connectivity index (χ3v) is 2.45. The fourth-order valence-corrected chi connectivity index (χ4v) is 1.59. The Morgan fingerprint density at radius 1 is 1.28 bits per heavy atom. The van der Waals surface area contributed by atoms with Crippen LogP contribution in [0.4, 0.5) is 5.82 Å². The van der Waals surface area contributed by atoms with Crippen molar-refractivity contribution in [3.05, 3.63) is 53.5 Å². The number of nitrogens with zero attached hydrogens (tertiary/aromatic N) is 2. The van der Waals surface area contributed by atoms with Crippen LogP contribution < -0.4 is 5.32 Å². The molecule has 1 heterocycles. The summed E-state index contributed by atoms with van der Waals surface area (Å²) in [5.41, 5.74) is 1.04. The summed E-state index contributed by atoms with van der Waals surface area (Å²) in [5, 5.41) is 11.8. The number of carboxylic acid groups (broad SMARTS) is 1. The predicted molar refractivity (Wildman–Crippen MR) is 67.8 cm³/mol. The average molecular weight is 243 g/mol. The molecule has 0 spiro atoms. The van der Waals surface area contributed by atoms with E-state index >= 15 is 0 Å². The third kappa shape index (κ3) is 2.82. The van der Waals surface area contributed by atoms with Crippen LogP contribution in [0.2, 0.25) is 0 Å². The summed E-state index contributed by atoms with van der Waals surface area (Å²) in [5.74, 6) is -0.0537. The van der Waals surface area contributed by atoms with Gasteiger partial charge < -0.3 is 10.4 Å². The Morgan fingerprint density at radius 3 is 2.61 bits per heavy atom. The van der Waals surface area contributed by atoms with Gasteiger partial charge in [-0.05, 0) is 5.56 Å². The molecule has 0 saturated heterocycles. The van der Waals surface area contributed by atoms with Crippen LogP contribution in [-0.4, -0.2) is 28.1 Å². The molecule has 0 amide bonds. The van der Waals surface area contributed by atoms with Crippen molar-refractivity contribution < 1.29 is 9.90 Å². The zero-order valence-electron chi connectivity index (χ0n) is 9.92. The van der Waals surface area contributed by atoms with Gasteiger partial charge in [0.05, 0.1) is 0 Å². The van der Waals surface area contributed by atoms with Crippen molar-refractivity contribution in [1.82, 2.24) is 9.97 Å². The minimum absolute atomic E-state index is 0.000260. The first kappa shape index (κ1) is 12.0. The van der Waals surface area contributed by atoms with Crippen molar-refractivity contribution in [2.45, 2.75) is 6.42 Å². The highest BCUT2D eigenvalue weighted by molar-refractivity contribution is 5.86. The number of nitrogens with one attached hydrogen (secondary N) is 1. The lowest BCUT2D eigenvalue weighted by Gasteiger charge is -2.05. The fraction of sp³-hybridized carbons (Fsp3) is 0.154. The second-order valence-corrected chi connectivity index (χ2v) is 3.77. The molecule has 0 saturated carbocycles. The van der Waals surface area contributed by atoms with Gasteiger partial charge in [0.25, 0.3) is 0 Å². The van der Waals surface area contributed by atoms with E-state index in [1.54, 1.807) is 7.05 Å². The molecule has 0 bridgehead atoms. The van der Waals surface area contributed by atoms with Crippen LogP contribution in [0.1, 0.15) is 21.9 Å². The second kappa shape index (κ2) is 5.27. The molecule has 1 aromatic carbocycles. The van der Waals surface area contributed by atoms with Gasteiger partial charge in [0.15, 0.2) is 5.69 Å². The highest BCUT2D eigenvalue weighted by Gasteiger charge is 2.10. The molecule has 2 N–H and O–H groups in total. The molecular weight excluding hydrogens is 230 g/mol. The molecule has 0 aliphatic rings. The molecule has 0 aliphatic carbocycles. The van der Waals surface area contributed by atoms with E-state index in [2.05, 4.69) is 15.3 Å². The maximum atomic E-state index is 11.0. The summed E-state index contributed by atoms with van der Waals surface area (Å²) >= 11 is 0. The highest BCUT2D eigenvalue weighted by atomic mass is 16.4. The van der Waals surface area contributed by atoms with Gasteiger partial charge in [0.1, 0.15) is 11.6 Å². The first-order valence-corrected chi connectivity index (χ1v) is 5.52. The second-order valence-electron chi connectivity index (χ2n) is 3.77. The number of aromatic nitrogens is 2. The van der Waals surface area contributed by atoms with E-state index in [0.29, 0.717) is 18.1 Å². The number of rotatable bonds is 4. The molecular formula is C13H13N3O2. The Labute approximate surface area is 105 Å². The highest BCUT2D eigenvalue weighted by Crippen LogP contribution is 2.10. The summed E-state index contributed by atoms with van der Waals surface area (Å²) in [6.45, 7) is 0. The minimum atomic E-state index is -1.05. The first-order chi connectivity index (χ1) is 8.69. The van der Waals surface area contributed by atoms with Crippen LogP contribution in [0.15, 0.2) is 36.4 Å². The van der Waals surface area contributed by atoms with Crippen LogP contribution in [0.5, 0.6) is 0 Å². The Hall–Kier alpha value is -2.43. The largest absolute Gasteiger partial charge is 0.477 e. The topological polar surface area (TPSA) is 75.1 Å². The van der Waals surface area contributed by atoms with Crippen molar-refractivity contribution in [2.24, 2.45) is 0 Å². The molecule has 0 fully saturated rings. The standard InChI is InChI=1S/C13H13N3O2/c1-14-11-8-10(13(17)18)15-12(16-11)7-9-5-3-2-4-6-9/h2-6,8H,7H2,1H3,(H,17,18)(H,14,15,16). The van der Waals surface area contributed by atoms with Crippen molar-refractivity contribution in [1.29, 1.82) is 0 Å². The normalized spacial score (nSPS) is 10.1. The number of hydrogen-bond donors (Lipinski definition) is 2. The van der Waals surface area contributed by atoms with Crippen molar-refractivity contribution in [3.63, 3.8) is 0 Å². The van der Waals surface area contributed by atoms with Crippen LogP contribution in [0, 0.1) is 0 Å². The summed E-state index contributed by atoms with van der Waals surface area (Å²) < 4.78 is 0. The van der Waals surface area contributed by atoms with Crippen molar-refractivity contribution in [2.75, 3.05) is 12.4 Å². The zero-order chi connectivity index (χ0) is 13.0. The SMILES string of the molecule is CNc1cc(C(=O)O)nc(Cc2ccccc2)n1. The monoisotopic (exact) mass is 243 g/mol. The van der Waals surface area contributed by atoms with Gasteiger partial charge in [-0.3, -0.25) is 0 Å². The van der Waals surface area contributed by atoms with E-state index in [4.69, 9.17) is 5.11 Å². The third-order valence-electron chi connectivity index (χ3n) is 2.45. The van der Waals surface area contributed by atoms with Gasteiger partial charge in [-0.1, -0.05) is 30.3 Å². The lowest BCUT2D eigenvalue weighted by molar-refractivity contribution is 0.0690. The molecule has 2 rings (SSSR count). The molecule has 92 valence electrons. The summed E-state index contributed by atoms with van der Waals surface area (Å²) in [6.07, 6.45) is 0.511. The van der Waals surface area contributed by atoms with Crippen LogP contribution in [0.3, 0.4) is 0 Å². The summed E-state index contributed by atoms with van der Waals surface area (Å²) in [6, 6.07) is 11.1. The van der Waals surface area contributed by atoms with E-state index in [9.17, 15) is 4.79 Å². The minimum Gasteiger partial charge on any atom is -0.477 e. The summed E-state index contributed by atoms with van der Waals surface area (Å²) in [4.78, 5) is 19.2. The molecule has 2 aromatic rings. The molecule has 18 heavy (non-hydrogen) atoms. The Bertz CT molecular complexity index is 555. The molecule has 0 aliphatic heterocycles. The number of carbonyl (C=O) groups is 1. The van der Waals surface area contributed by atoms with Crippen molar-refractivity contribution in [3.8, 4) is 0 Å². The van der Waals surface area contributed by atoms with Gasteiger partial charge >= 0.3 is 5.97 Å². The number of carboxylic acids is 1. The molecule has 0 unspecified atom stereocenters. The van der Waals surface area contributed by atoms with Gasteiger partial charge in [-0.15, -0.1) is 0 Å². The fourth-order valence-electron chi connectivity index (χ4n) is 1.59. The van der Waals surface area contributed by atoms with E-state index in [1.807, 2.05) is 30.3 Å². The number of benzene rings is 1. The van der Waals surface area contributed by atoms with Gasteiger partial charge in [-0.2, -0.15) is 0 Å². The molecule has 1 aromatic heterocycles. The van der Waals surface area contributed by atoms with E-state index in [1.165, 1.54) is 6.07 Å². The van der Waals surface area contributed by atoms with Crippen molar-refractivity contribution >= 4 is 11.8 Å². The zero-order valence-corrected chi connectivity index (χ0v) is 9.92. The van der Waals surface area contributed by atoms with Gasteiger partial charge in [0, 0.05) is 19.5 Å².